The molecule has 8 heteroatoms. The van der Waals surface area contributed by atoms with Crippen LogP contribution in [0.5, 0.6) is 0 Å². The van der Waals surface area contributed by atoms with E-state index in [1.54, 1.807) is 53.7 Å². The smallest absolute Gasteiger partial charge is 0.291 e. The molecular weight excluding hydrogens is 436 g/mol. The molecule has 4 rings (SSSR count). The minimum absolute atomic E-state index is 0.143. The topological polar surface area (TPSA) is 79.6 Å². The van der Waals surface area contributed by atoms with Crippen LogP contribution < -0.4 is 5.32 Å². The number of rotatable bonds is 4. The molecule has 31 heavy (non-hydrogen) atoms. The number of anilines is 1. The third-order valence-corrected chi connectivity index (χ3v) is 7.73. The molecule has 0 aliphatic carbocycles. The Hall–Kier alpha value is -2.35. The lowest BCUT2D eigenvalue weighted by Crippen LogP contribution is -2.42. The maximum atomic E-state index is 13.3. The predicted molar refractivity (Wildman–Crippen MR) is 122 cm³/mol. The quantitative estimate of drug-likeness (QED) is 0.571. The average Bonchev–Trinajstić information content (AvgIpc) is 3.03. The predicted octanol–water partition coefficient (Wildman–Crippen LogP) is 5.31. The maximum Gasteiger partial charge on any atom is 0.291 e. The van der Waals surface area contributed by atoms with Crippen molar-refractivity contribution >= 4 is 44.2 Å². The van der Waals surface area contributed by atoms with E-state index < -0.39 is 15.9 Å². The fraction of sp³-hybridized carbons (Fsp3) is 0.348. The van der Waals surface area contributed by atoms with Gasteiger partial charge in [-0.3, -0.25) is 4.79 Å². The molecular formula is C23H25ClN2O4S. The Labute approximate surface area is 187 Å². The molecule has 3 aromatic rings. The van der Waals surface area contributed by atoms with Gasteiger partial charge in [-0.2, -0.15) is 4.31 Å². The summed E-state index contributed by atoms with van der Waals surface area (Å²) in [5.74, 6) is 0.364. The average molecular weight is 461 g/mol. The number of halogens is 1. The van der Waals surface area contributed by atoms with Gasteiger partial charge in [-0.1, -0.05) is 31.5 Å². The number of piperidine rings is 1. The van der Waals surface area contributed by atoms with Crippen molar-refractivity contribution in [3.63, 3.8) is 0 Å². The van der Waals surface area contributed by atoms with E-state index in [9.17, 15) is 13.2 Å². The molecule has 1 fully saturated rings. The lowest BCUT2D eigenvalue weighted by Gasteiger charge is -2.34. The Morgan fingerprint density at radius 1 is 1.13 bits per heavy atom. The number of sulfonamides is 1. The van der Waals surface area contributed by atoms with Crippen LogP contribution in [0.25, 0.3) is 11.0 Å². The second-order valence-corrected chi connectivity index (χ2v) is 10.8. The molecule has 164 valence electrons. The zero-order valence-corrected chi connectivity index (χ0v) is 19.3. The highest BCUT2D eigenvalue weighted by Gasteiger charge is 2.32. The van der Waals surface area contributed by atoms with E-state index >= 15 is 0 Å². The van der Waals surface area contributed by atoms with Crippen molar-refractivity contribution < 1.29 is 17.6 Å². The van der Waals surface area contributed by atoms with Crippen LogP contribution in [0, 0.1) is 18.8 Å². The number of furan rings is 1. The van der Waals surface area contributed by atoms with Crippen LogP contribution in [0.15, 0.2) is 51.8 Å². The Kier molecular flexibility index (Phi) is 5.85. The molecule has 1 aromatic heterocycles. The number of benzene rings is 2. The van der Waals surface area contributed by atoms with Gasteiger partial charge in [0.1, 0.15) is 5.58 Å². The highest BCUT2D eigenvalue weighted by Crippen LogP contribution is 2.31. The number of carbonyl (C=O) groups is 1. The van der Waals surface area contributed by atoms with Crippen LogP contribution in [0.3, 0.4) is 0 Å². The summed E-state index contributed by atoms with van der Waals surface area (Å²) in [7, 11) is -3.62. The van der Waals surface area contributed by atoms with Crippen molar-refractivity contribution in [2.75, 3.05) is 18.4 Å². The molecule has 0 saturated carbocycles. The lowest BCUT2D eigenvalue weighted by molar-refractivity contribution is 0.0998. The molecule has 0 spiro atoms. The fourth-order valence-electron chi connectivity index (χ4n) is 4.28. The summed E-state index contributed by atoms with van der Waals surface area (Å²) in [5.41, 5.74) is 1.61. The first-order valence-corrected chi connectivity index (χ1v) is 12.1. The van der Waals surface area contributed by atoms with Gasteiger partial charge < -0.3 is 9.73 Å². The molecule has 2 atom stereocenters. The van der Waals surface area contributed by atoms with Gasteiger partial charge in [0.05, 0.1) is 4.90 Å². The minimum atomic E-state index is -3.62. The van der Waals surface area contributed by atoms with Crippen molar-refractivity contribution in [1.82, 2.24) is 4.31 Å². The summed E-state index contributed by atoms with van der Waals surface area (Å²) < 4.78 is 33.8. The second kappa shape index (κ2) is 8.30. The maximum absolute atomic E-state index is 13.3. The van der Waals surface area contributed by atoms with E-state index in [-0.39, 0.29) is 10.7 Å². The minimum Gasteiger partial charge on any atom is -0.451 e. The van der Waals surface area contributed by atoms with Gasteiger partial charge in [0.15, 0.2) is 5.76 Å². The standard InChI is InChI=1S/C23H25ClN2O4S/c1-14-9-15(2)13-26(12-14)31(28,29)19-7-8-21-20(11-19)16(3)22(30-21)23(27)25-18-6-4-5-17(24)10-18/h4-8,10-11,14-15H,9,12-13H2,1-3H3,(H,25,27). The first kappa shape index (κ1) is 21.9. The third kappa shape index (κ3) is 4.35. The number of hydrogen-bond donors (Lipinski definition) is 1. The summed E-state index contributed by atoms with van der Waals surface area (Å²) in [5, 5.41) is 3.88. The van der Waals surface area contributed by atoms with Crippen LogP contribution in [-0.4, -0.2) is 31.7 Å². The summed E-state index contributed by atoms with van der Waals surface area (Å²) in [4.78, 5) is 13.0. The van der Waals surface area contributed by atoms with E-state index in [4.69, 9.17) is 16.0 Å². The molecule has 2 aromatic carbocycles. The zero-order valence-electron chi connectivity index (χ0n) is 17.7. The van der Waals surface area contributed by atoms with Crippen molar-refractivity contribution in [3.8, 4) is 0 Å². The number of fused-ring (bicyclic) bond motifs is 1. The van der Waals surface area contributed by atoms with Gasteiger partial charge in [0.25, 0.3) is 5.91 Å². The molecule has 0 bridgehead atoms. The van der Waals surface area contributed by atoms with Gasteiger partial charge in [0, 0.05) is 34.7 Å². The summed E-state index contributed by atoms with van der Waals surface area (Å²) in [6.45, 7) is 6.93. The summed E-state index contributed by atoms with van der Waals surface area (Å²) in [6, 6.07) is 11.6. The van der Waals surface area contributed by atoms with Crippen LogP contribution >= 0.6 is 11.6 Å². The number of amides is 1. The number of nitrogens with zero attached hydrogens (tertiary/aromatic N) is 1. The van der Waals surface area contributed by atoms with Gasteiger partial charge in [0.2, 0.25) is 10.0 Å². The van der Waals surface area contributed by atoms with Gasteiger partial charge in [-0.05, 0) is 61.6 Å². The molecule has 2 unspecified atom stereocenters. The highest BCUT2D eigenvalue weighted by atomic mass is 35.5. The van der Waals surface area contributed by atoms with E-state index in [0.29, 0.717) is 52.2 Å². The normalized spacial score (nSPS) is 20.1. The highest BCUT2D eigenvalue weighted by molar-refractivity contribution is 7.89. The van der Waals surface area contributed by atoms with Crippen LogP contribution in [-0.2, 0) is 10.0 Å². The monoisotopic (exact) mass is 460 g/mol. The molecule has 6 nitrogen and oxygen atoms in total. The molecule has 2 heterocycles. The summed E-state index contributed by atoms with van der Waals surface area (Å²) in [6.07, 6.45) is 1.02. The number of hydrogen-bond acceptors (Lipinski definition) is 4. The fourth-order valence-corrected chi connectivity index (χ4v) is 6.18. The van der Waals surface area contributed by atoms with Gasteiger partial charge in [-0.25, -0.2) is 8.42 Å². The van der Waals surface area contributed by atoms with Crippen LogP contribution in [0.2, 0.25) is 5.02 Å². The number of aryl methyl sites for hydroxylation is 1. The lowest BCUT2D eigenvalue weighted by atomic mass is 9.94. The summed E-state index contributed by atoms with van der Waals surface area (Å²) >= 11 is 5.98. The first-order valence-electron chi connectivity index (χ1n) is 10.3. The largest absolute Gasteiger partial charge is 0.451 e. The Balaban J connectivity index is 1.65. The van der Waals surface area contributed by atoms with Crippen molar-refractivity contribution in [2.24, 2.45) is 11.8 Å². The molecule has 1 aliphatic heterocycles. The molecule has 1 amide bonds. The molecule has 1 N–H and O–H groups in total. The number of nitrogens with one attached hydrogen (secondary N) is 1. The SMILES string of the molecule is Cc1c(C(=O)Nc2cccc(Cl)c2)oc2ccc(S(=O)(=O)N3CC(C)CC(C)C3)cc12. The Morgan fingerprint density at radius 2 is 1.84 bits per heavy atom. The Morgan fingerprint density at radius 3 is 2.52 bits per heavy atom. The van der Waals surface area contributed by atoms with Crippen molar-refractivity contribution in [3.05, 3.63) is 58.8 Å². The number of carbonyl (C=O) groups excluding carboxylic acids is 1. The molecule has 0 radical (unpaired) electrons. The van der Waals surface area contributed by atoms with E-state index in [2.05, 4.69) is 19.2 Å². The van der Waals surface area contributed by atoms with E-state index in [0.717, 1.165) is 6.42 Å². The zero-order chi connectivity index (χ0) is 22.3. The second-order valence-electron chi connectivity index (χ2n) is 8.45. The third-order valence-electron chi connectivity index (χ3n) is 5.67. The van der Waals surface area contributed by atoms with E-state index in [1.807, 2.05) is 0 Å². The molecule has 1 aliphatic rings. The van der Waals surface area contributed by atoms with Crippen LogP contribution in [0.4, 0.5) is 5.69 Å². The van der Waals surface area contributed by atoms with E-state index in [1.165, 1.54) is 0 Å². The van der Waals surface area contributed by atoms with Gasteiger partial charge in [-0.15, -0.1) is 0 Å². The first-order chi connectivity index (χ1) is 14.6. The molecule has 1 saturated heterocycles. The van der Waals surface area contributed by atoms with Crippen molar-refractivity contribution in [1.29, 1.82) is 0 Å². The van der Waals surface area contributed by atoms with Gasteiger partial charge >= 0.3 is 0 Å². The van der Waals surface area contributed by atoms with Crippen LogP contribution in [0.1, 0.15) is 36.4 Å². The Bertz CT molecular complexity index is 1240. The van der Waals surface area contributed by atoms with Crippen molar-refractivity contribution in [2.45, 2.75) is 32.1 Å².